The Morgan fingerprint density at radius 1 is 1.68 bits per heavy atom. The van der Waals surface area contributed by atoms with Crippen LogP contribution in [0.1, 0.15) is 11.4 Å². The van der Waals surface area contributed by atoms with Gasteiger partial charge in [-0.2, -0.15) is 0 Å². The first-order valence-corrected chi connectivity index (χ1v) is 9.13. The van der Waals surface area contributed by atoms with E-state index in [1.165, 1.54) is 11.3 Å². The van der Waals surface area contributed by atoms with Crippen LogP contribution >= 0.6 is 11.3 Å². The molecule has 0 bridgehead atoms. The van der Waals surface area contributed by atoms with Gasteiger partial charge in [0.1, 0.15) is 5.01 Å². The molecule has 1 saturated heterocycles. The number of aromatic nitrogens is 1. The summed E-state index contributed by atoms with van der Waals surface area (Å²) in [5, 5.41) is 11.6. The standard InChI is InChI=1S/C13H23N5O2S2/c1-15-6-10(9-20-2)12-5-11(17-22(14)19)7-18(12)8-13-16-3-4-21-13/h3-4,11,15,17H,5-9,14H2,1-2H3/b12-10+. The number of ether oxygens (including phenoxy) is 1. The van der Waals surface area contributed by atoms with E-state index in [0.717, 1.165) is 31.1 Å². The second-order valence-corrected chi connectivity index (χ2v) is 6.95. The molecule has 1 aliphatic heterocycles. The normalized spacial score (nSPS) is 22.1. The zero-order valence-electron chi connectivity index (χ0n) is 12.9. The van der Waals surface area contributed by atoms with Crippen molar-refractivity contribution in [2.45, 2.75) is 19.0 Å². The van der Waals surface area contributed by atoms with Gasteiger partial charge in [-0.15, -0.1) is 11.3 Å². The van der Waals surface area contributed by atoms with Crippen LogP contribution in [0.25, 0.3) is 0 Å². The topological polar surface area (TPSA) is 92.5 Å². The molecule has 1 aliphatic rings. The number of nitrogens with two attached hydrogens (primary N) is 1. The van der Waals surface area contributed by atoms with Gasteiger partial charge in [0.05, 0.1) is 13.2 Å². The highest BCUT2D eigenvalue weighted by Crippen LogP contribution is 2.27. The highest BCUT2D eigenvalue weighted by molar-refractivity contribution is 7.80. The lowest BCUT2D eigenvalue weighted by molar-refractivity contribution is 0.219. The summed E-state index contributed by atoms with van der Waals surface area (Å²) in [4.78, 5) is 6.63. The summed E-state index contributed by atoms with van der Waals surface area (Å²) in [5.41, 5.74) is 2.42. The molecular weight excluding hydrogens is 322 g/mol. The molecule has 0 spiro atoms. The first-order chi connectivity index (χ1) is 10.6. The molecule has 0 amide bonds. The quantitative estimate of drug-likeness (QED) is 0.615. The van der Waals surface area contributed by atoms with Gasteiger partial charge in [0.15, 0.2) is 11.2 Å². The van der Waals surface area contributed by atoms with Crippen LogP contribution in [-0.2, 0) is 22.5 Å². The summed E-state index contributed by atoms with van der Waals surface area (Å²) in [6.45, 7) is 2.84. The molecule has 0 aromatic carbocycles. The SMILES string of the molecule is CNC/C(COC)=C1/CC(NS(N)=O)CN1Cc1nccs1. The van der Waals surface area contributed by atoms with Gasteiger partial charge in [0.2, 0.25) is 0 Å². The molecule has 1 aromatic heterocycles. The highest BCUT2D eigenvalue weighted by atomic mass is 32.2. The molecule has 22 heavy (non-hydrogen) atoms. The second-order valence-electron chi connectivity index (χ2n) is 5.14. The van der Waals surface area contributed by atoms with Crippen LogP contribution in [0.2, 0.25) is 0 Å². The number of likely N-dealkylation sites (N-methyl/N-ethyl adjacent to an activating group) is 1. The Balaban J connectivity index is 2.20. The summed E-state index contributed by atoms with van der Waals surface area (Å²) in [6, 6.07) is 0.0736. The Bertz CT molecular complexity index is 513. The van der Waals surface area contributed by atoms with Crippen LogP contribution in [0, 0.1) is 0 Å². The van der Waals surface area contributed by atoms with E-state index in [1.54, 1.807) is 18.4 Å². The van der Waals surface area contributed by atoms with E-state index < -0.39 is 11.2 Å². The molecule has 0 saturated carbocycles. The lowest BCUT2D eigenvalue weighted by atomic mass is 10.1. The van der Waals surface area contributed by atoms with E-state index in [-0.39, 0.29) is 6.04 Å². The predicted molar refractivity (Wildman–Crippen MR) is 89.2 cm³/mol. The molecule has 124 valence electrons. The van der Waals surface area contributed by atoms with Crippen LogP contribution in [-0.4, -0.2) is 54.0 Å². The minimum absolute atomic E-state index is 0.0736. The molecule has 2 heterocycles. The van der Waals surface area contributed by atoms with Gasteiger partial charge in [0, 0.05) is 49.9 Å². The van der Waals surface area contributed by atoms with Crippen LogP contribution in [0.3, 0.4) is 0 Å². The van der Waals surface area contributed by atoms with Crippen molar-refractivity contribution in [3.63, 3.8) is 0 Å². The van der Waals surface area contributed by atoms with Crippen LogP contribution in [0.15, 0.2) is 22.8 Å². The van der Waals surface area contributed by atoms with Crippen LogP contribution < -0.4 is 15.2 Å². The highest BCUT2D eigenvalue weighted by Gasteiger charge is 2.29. The van der Waals surface area contributed by atoms with Gasteiger partial charge in [-0.3, -0.25) is 0 Å². The van der Waals surface area contributed by atoms with Crippen molar-refractivity contribution in [1.29, 1.82) is 0 Å². The summed E-state index contributed by atoms with van der Waals surface area (Å²) >= 11 is 0.134. The summed E-state index contributed by atoms with van der Waals surface area (Å²) in [6.07, 6.45) is 2.60. The Morgan fingerprint density at radius 3 is 3.09 bits per heavy atom. The molecule has 2 unspecified atom stereocenters. The van der Waals surface area contributed by atoms with Crippen molar-refractivity contribution in [3.8, 4) is 0 Å². The lowest BCUT2D eigenvalue weighted by Crippen LogP contribution is -2.36. The van der Waals surface area contributed by atoms with Crippen molar-refractivity contribution in [1.82, 2.24) is 19.9 Å². The number of thiazole rings is 1. The van der Waals surface area contributed by atoms with Crippen molar-refractivity contribution in [2.75, 3.05) is 33.9 Å². The third-order valence-corrected chi connectivity index (χ3v) is 4.80. The number of hydrogen-bond acceptors (Lipinski definition) is 6. The van der Waals surface area contributed by atoms with Crippen LogP contribution in [0.4, 0.5) is 0 Å². The maximum absolute atomic E-state index is 11.2. The zero-order valence-corrected chi connectivity index (χ0v) is 14.5. The van der Waals surface area contributed by atoms with Crippen molar-refractivity contribution in [2.24, 2.45) is 5.14 Å². The zero-order chi connectivity index (χ0) is 15.9. The Labute approximate surface area is 137 Å². The molecule has 1 aromatic rings. The average Bonchev–Trinajstić information content (AvgIpc) is 3.08. The fourth-order valence-corrected chi connectivity index (χ4v) is 3.81. The largest absolute Gasteiger partial charge is 0.380 e. The van der Waals surface area contributed by atoms with E-state index in [9.17, 15) is 4.21 Å². The number of nitrogens with one attached hydrogen (secondary N) is 2. The Kier molecular flexibility index (Phi) is 6.93. The molecule has 7 nitrogen and oxygen atoms in total. The maximum atomic E-state index is 11.2. The van der Waals surface area contributed by atoms with E-state index in [2.05, 4.69) is 19.9 Å². The van der Waals surface area contributed by atoms with E-state index in [1.807, 2.05) is 18.6 Å². The molecule has 0 aliphatic carbocycles. The van der Waals surface area contributed by atoms with E-state index in [4.69, 9.17) is 9.88 Å². The van der Waals surface area contributed by atoms with Gasteiger partial charge >= 0.3 is 0 Å². The molecule has 0 radical (unpaired) electrons. The summed E-state index contributed by atoms with van der Waals surface area (Å²) in [5.74, 6) is 0. The molecule has 4 N–H and O–H groups in total. The summed E-state index contributed by atoms with van der Waals surface area (Å²) in [7, 11) is 3.61. The van der Waals surface area contributed by atoms with E-state index >= 15 is 0 Å². The number of rotatable bonds is 8. The molecule has 1 fully saturated rings. The molecule has 2 atom stereocenters. The number of nitrogens with zero attached hydrogens (tertiary/aromatic N) is 2. The third-order valence-electron chi connectivity index (χ3n) is 3.47. The van der Waals surface area contributed by atoms with E-state index in [0.29, 0.717) is 6.61 Å². The van der Waals surface area contributed by atoms with Crippen molar-refractivity contribution in [3.05, 3.63) is 27.9 Å². The van der Waals surface area contributed by atoms with Crippen molar-refractivity contribution < 1.29 is 8.95 Å². The second kappa shape index (κ2) is 8.70. The first kappa shape index (κ1) is 17.5. The molecule has 9 heteroatoms. The minimum Gasteiger partial charge on any atom is -0.380 e. The van der Waals surface area contributed by atoms with Crippen LogP contribution in [0.5, 0.6) is 0 Å². The van der Waals surface area contributed by atoms with Crippen molar-refractivity contribution >= 4 is 22.5 Å². The maximum Gasteiger partial charge on any atom is 0.164 e. The monoisotopic (exact) mass is 345 g/mol. The Morgan fingerprint density at radius 2 is 2.50 bits per heavy atom. The van der Waals surface area contributed by atoms with Gasteiger partial charge in [-0.1, -0.05) is 0 Å². The van der Waals surface area contributed by atoms with Gasteiger partial charge in [-0.25, -0.2) is 19.1 Å². The summed E-state index contributed by atoms with van der Waals surface area (Å²) < 4.78 is 19.5. The number of likely N-dealkylation sites (tertiary alicyclic amines) is 1. The minimum atomic E-state index is -1.50. The predicted octanol–water partition coefficient (Wildman–Crippen LogP) is -0.0357. The fourth-order valence-electron chi connectivity index (χ4n) is 2.69. The Hall–Kier alpha value is -0.840. The molecular formula is C13H23N5O2S2. The van der Waals surface area contributed by atoms with Gasteiger partial charge in [0.25, 0.3) is 0 Å². The fraction of sp³-hybridized carbons (Fsp3) is 0.615. The first-order valence-electron chi connectivity index (χ1n) is 7.04. The smallest absolute Gasteiger partial charge is 0.164 e. The lowest BCUT2D eigenvalue weighted by Gasteiger charge is -2.22. The average molecular weight is 345 g/mol. The third kappa shape index (κ3) is 4.83. The number of hydrogen-bond donors (Lipinski definition) is 3. The molecule has 2 rings (SSSR count). The number of methoxy groups -OCH3 is 1. The van der Waals surface area contributed by atoms with Gasteiger partial charge in [-0.05, 0) is 12.6 Å². The van der Waals surface area contributed by atoms with Gasteiger partial charge < -0.3 is 15.0 Å².